The minimum absolute atomic E-state index is 0.0686. The van der Waals surface area contributed by atoms with Crippen LogP contribution in [0.2, 0.25) is 5.02 Å². The number of nitrogens with zero attached hydrogens (tertiary/aromatic N) is 2. The second kappa shape index (κ2) is 7.15. The van der Waals surface area contributed by atoms with Crippen LogP contribution in [-0.2, 0) is 11.2 Å². The van der Waals surface area contributed by atoms with E-state index in [0.29, 0.717) is 43.2 Å². The van der Waals surface area contributed by atoms with Gasteiger partial charge in [-0.1, -0.05) is 29.8 Å². The van der Waals surface area contributed by atoms with Crippen molar-refractivity contribution in [2.24, 2.45) is 0 Å². The predicted octanol–water partition coefficient (Wildman–Crippen LogP) is 2.93. The maximum atomic E-state index is 12.5. The highest BCUT2D eigenvalue weighted by molar-refractivity contribution is 7.10. The lowest BCUT2D eigenvalue weighted by Gasteiger charge is -2.35. The Balaban J connectivity index is 1.57. The fourth-order valence-electron chi connectivity index (χ4n) is 2.64. The topological polar surface area (TPSA) is 40.6 Å². The number of piperazine rings is 1. The quantitative estimate of drug-likeness (QED) is 0.855. The second-order valence-corrected chi connectivity index (χ2v) is 6.85. The van der Waals surface area contributed by atoms with Crippen molar-refractivity contribution in [3.8, 4) is 0 Å². The molecule has 1 aliphatic rings. The third kappa shape index (κ3) is 3.74. The monoisotopic (exact) mass is 348 g/mol. The summed E-state index contributed by atoms with van der Waals surface area (Å²) in [5.74, 6) is 0.0539. The van der Waals surface area contributed by atoms with Gasteiger partial charge in [0.1, 0.15) is 0 Å². The Kier molecular flexibility index (Phi) is 4.98. The third-order valence-electron chi connectivity index (χ3n) is 3.93. The predicted molar refractivity (Wildman–Crippen MR) is 92.0 cm³/mol. The van der Waals surface area contributed by atoms with Crippen LogP contribution < -0.4 is 0 Å². The third-order valence-corrected chi connectivity index (χ3v) is 5.14. The minimum Gasteiger partial charge on any atom is -0.339 e. The van der Waals surface area contributed by atoms with Gasteiger partial charge in [-0.2, -0.15) is 0 Å². The van der Waals surface area contributed by atoms with Crippen LogP contribution >= 0.6 is 22.9 Å². The van der Waals surface area contributed by atoms with Crippen molar-refractivity contribution in [3.63, 3.8) is 0 Å². The highest BCUT2D eigenvalue weighted by Crippen LogP contribution is 2.18. The van der Waals surface area contributed by atoms with Gasteiger partial charge in [0, 0.05) is 31.1 Å². The van der Waals surface area contributed by atoms with Gasteiger partial charge >= 0.3 is 0 Å². The van der Waals surface area contributed by atoms with Gasteiger partial charge in [0.2, 0.25) is 5.91 Å². The fourth-order valence-corrected chi connectivity index (χ4v) is 3.55. The van der Waals surface area contributed by atoms with E-state index in [1.165, 1.54) is 0 Å². The van der Waals surface area contributed by atoms with E-state index >= 15 is 0 Å². The molecule has 1 aromatic heterocycles. The van der Waals surface area contributed by atoms with Crippen molar-refractivity contribution >= 4 is 34.8 Å². The van der Waals surface area contributed by atoms with Gasteiger partial charge in [-0.25, -0.2) is 0 Å². The first kappa shape index (κ1) is 16.0. The van der Waals surface area contributed by atoms with E-state index in [1.807, 2.05) is 22.4 Å². The zero-order valence-corrected chi connectivity index (χ0v) is 14.1. The van der Waals surface area contributed by atoms with Crippen molar-refractivity contribution in [3.05, 3.63) is 57.2 Å². The van der Waals surface area contributed by atoms with E-state index in [-0.39, 0.29) is 11.8 Å². The van der Waals surface area contributed by atoms with Gasteiger partial charge in [0.25, 0.3) is 5.91 Å². The van der Waals surface area contributed by atoms with Gasteiger partial charge in [0.15, 0.2) is 0 Å². The molecule has 120 valence electrons. The van der Waals surface area contributed by atoms with Crippen LogP contribution in [0.1, 0.15) is 15.2 Å². The van der Waals surface area contributed by atoms with Gasteiger partial charge in [-0.3, -0.25) is 9.59 Å². The van der Waals surface area contributed by atoms with Gasteiger partial charge in [0.05, 0.1) is 17.0 Å². The summed E-state index contributed by atoms with van der Waals surface area (Å²) >= 11 is 7.68. The van der Waals surface area contributed by atoms with E-state index < -0.39 is 0 Å². The van der Waals surface area contributed by atoms with Gasteiger partial charge in [-0.05, 0) is 23.6 Å². The molecule has 1 aliphatic heterocycles. The maximum absolute atomic E-state index is 12.5. The number of thiophene rings is 1. The first-order chi connectivity index (χ1) is 11.1. The molecule has 6 heteroatoms. The summed E-state index contributed by atoms with van der Waals surface area (Å²) in [6.45, 7) is 2.22. The molecule has 3 rings (SSSR count). The van der Waals surface area contributed by atoms with Crippen LogP contribution in [-0.4, -0.2) is 47.8 Å². The molecule has 2 aromatic rings. The van der Waals surface area contributed by atoms with Crippen LogP contribution in [0.3, 0.4) is 0 Å². The first-order valence-corrected chi connectivity index (χ1v) is 8.75. The Hall–Kier alpha value is -1.85. The number of amides is 2. The van der Waals surface area contributed by atoms with Crippen molar-refractivity contribution in [2.75, 3.05) is 26.2 Å². The van der Waals surface area contributed by atoms with Gasteiger partial charge in [-0.15, -0.1) is 11.3 Å². The van der Waals surface area contributed by atoms with Crippen molar-refractivity contribution in [2.45, 2.75) is 6.42 Å². The normalized spacial score (nSPS) is 14.8. The lowest BCUT2D eigenvalue weighted by atomic mass is 10.1. The summed E-state index contributed by atoms with van der Waals surface area (Å²) in [7, 11) is 0. The maximum Gasteiger partial charge on any atom is 0.255 e. The molecule has 4 nitrogen and oxygen atoms in total. The van der Waals surface area contributed by atoms with Crippen molar-refractivity contribution < 1.29 is 9.59 Å². The Labute approximate surface area is 144 Å². The van der Waals surface area contributed by atoms with E-state index in [2.05, 4.69) is 0 Å². The van der Waals surface area contributed by atoms with Crippen molar-refractivity contribution in [1.82, 2.24) is 9.80 Å². The zero-order valence-electron chi connectivity index (χ0n) is 12.6. The minimum atomic E-state index is -0.0686. The van der Waals surface area contributed by atoms with Gasteiger partial charge < -0.3 is 9.80 Å². The molecule has 1 fully saturated rings. The molecule has 0 N–H and O–H groups in total. The SMILES string of the molecule is O=C(Cc1cccs1)N1CCN(C(=O)c2ccccc2Cl)CC1. The summed E-state index contributed by atoms with van der Waals surface area (Å²) in [4.78, 5) is 29.4. The molecule has 1 aromatic carbocycles. The second-order valence-electron chi connectivity index (χ2n) is 5.41. The van der Waals surface area contributed by atoms with Crippen LogP contribution in [0.5, 0.6) is 0 Å². The fraction of sp³-hybridized carbons (Fsp3) is 0.294. The number of hydrogen-bond acceptors (Lipinski definition) is 3. The number of rotatable bonds is 3. The van der Waals surface area contributed by atoms with Crippen LogP contribution in [0, 0.1) is 0 Å². The lowest BCUT2D eigenvalue weighted by Crippen LogP contribution is -2.51. The molecule has 0 saturated carbocycles. The van der Waals surface area contributed by atoms with Crippen LogP contribution in [0.4, 0.5) is 0 Å². The van der Waals surface area contributed by atoms with E-state index in [9.17, 15) is 9.59 Å². The average molecular weight is 349 g/mol. The number of carbonyl (C=O) groups excluding carboxylic acids is 2. The summed E-state index contributed by atoms with van der Waals surface area (Å²) in [6, 6.07) is 11.0. The molecular weight excluding hydrogens is 332 g/mol. The Morgan fingerprint density at radius 3 is 2.35 bits per heavy atom. The number of halogens is 1. The Morgan fingerprint density at radius 1 is 1.00 bits per heavy atom. The highest BCUT2D eigenvalue weighted by atomic mass is 35.5. The molecule has 2 amide bonds. The summed E-state index contributed by atoms with van der Waals surface area (Å²) in [5.41, 5.74) is 0.521. The van der Waals surface area contributed by atoms with E-state index in [0.717, 1.165) is 4.88 Å². The zero-order chi connectivity index (χ0) is 16.2. The molecule has 0 aliphatic carbocycles. The van der Waals surface area contributed by atoms with Crippen molar-refractivity contribution in [1.29, 1.82) is 0 Å². The summed E-state index contributed by atoms with van der Waals surface area (Å²) in [5, 5.41) is 2.44. The Morgan fingerprint density at radius 2 is 1.70 bits per heavy atom. The molecule has 1 saturated heterocycles. The van der Waals surface area contributed by atoms with Crippen LogP contribution in [0.15, 0.2) is 41.8 Å². The number of carbonyl (C=O) groups is 2. The Bertz CT molecular complexity index is 694. The standard InChI is InChI=1S/C17H17ClN2O2S/c18-15-6-2-1-5-14(15)17(22)20-9-7-19(8-10-20)16(21)12-13-4-3-11-23-13/h1-6,11H,7-10,12H2. The molecule has 2 heterocycles. The smallest absolute Gasteiger partial charge is 0.255 e. The molecule has 0 spiro atoms. The van der Waals surface area contributed by atoms with E-state index in [1.54, 1.807) is 40.5 Å². The van der Waals surface area contributed by atoms with E-state index in [4.69, 9.17) is 11.6 Å². The molecular formula is C17H17ClN2O2S. The largest absolute Gasteiger partial charge is 0.339 e. The molecule has 23 heavy (non-hydrogen) atoms. The number of benzene rings is 1. The molecule has 0 atom stereocenters. The number of hydrogen-bond donors (Lipinski definition) is 0. The highest BCUT2D eigenvalue weighted by Gasteiger charge is 2.25. The summed E-state index contributed by atoms with van der Waals surface area (Å²) < 4.78 is 0. The molecule has 0 bridgehead atoms. The molecule has 0 radical (unpaired) electrons. The lowest BCUT2D eigenvalue weighted by molar-refractivity contribution is -0.131. The summed E-state index contributed by atoms with van der Waals surface area (Å²) in [6.07, 6.45) is 0.441. The first-order valence-electron chi connectivity index (χ1n) is 7.49. The average Bonchev–Trinajstić information content (AvgIpc) is 3.08. The van der Waals surface area contributed by atoms with Crippen LogP contribution in [0.25, 0.3) is 0 Å². The molecule has 0 unspecified atom stereocenters.